The molecule has 0 fully saturated rings. The third-order valence-electron chi connectivity index (χ3n) is 2.67. The van der Waals surface area contributed by atoms with Crippen molar-refractivity contribution in [2.45, 2.75) is 6.42 Å². The number of aromatic nitrogens is 1. The highest BCUT2D eigenvalue weighted by atomic mass is 16.3. The van der Waals surface area contributed by atoms with Gasteiger partial charge in [0.2, 0.25) is 5.91 Å². The highest BCUT2D eigenvalue weighted by molar-refractivity contribution is 5.92. The normalized spacial score (nSPS) is 10.1. The van der Waals surface area contributed by atoms with Gasteiger partial charge in [-0.1, -0.05) is 30.3 Å². The van der Waals surface area contributed by atoms with Crippen LogP contribution in [0.2, 0.25) is 0 Å². The molecule has 0 aliphatic heterocycles. The van der Waals surface area contributed by atoms with Crippen LogP contribution in [0.4, 0.5) is 11.5 Å². The largest absolute Gasteiger partial charge is 0.395 e. The molecule has 0 unspecified atom stereocenters. The van der Waals surface area contributed by atoms with Crippen LogP contribution in [0.15, 0.2) is 48.7 Å². The van der Waals surface area contributed by atoms with Crippen LogP contribution in [0.5, 0.6) is 0 Å². The van der Waals surface area contributed by atoms with Gasteiger partial charge in [-0.15, -0.1) is 0 Å². The fraction of sp³-hybridized carbons (Fsp3) is 0.200. The van der Waals surface area contributed by atoms with Crippen molar-refractivity contribution in [3.63, 3.8) is 0 Å². The smallest absolute Gasteiger partial charge is 0.228 e. The number of amides is 1. The molecule has 0 radical (unpaired) electrons. The fourth-order valence-electron chi connectivity index (χ4n) is 1.74. The summed E-state index contributed by atoms with van der Waals surface area (Å²) in [5.41, 5.74) is 1.62. The van der Waals surface area contributed by atoms with Crippen LogP contribution in [0.1, 0.15) is 5.56 Å². The number of nitrogens with zero attached hydrogens (tertiary/aromatic N) is 1. The first-order valence-electron chi connectivity index (χ1n) is 6.42. The first-order chi connectivity index (χ1) is 9.78. The summed E-state index contributed by atoms with van der Waals surface area (Å²) in [6, 6.07) is 13.1. The van der Waals surface area contributed by atoms with Gasteiger partial charge in [0.05, 0.1) is 24.9 Å². The van der Waals surface area contributed by atoms with E-state index in [9.17, 15) is 4.79 Å². The van der Waals surface area contributed by atoms with E-state index in [2.05, 4.69) is 15.6 Å². The number of carbonyl (C=O) groups excluding carboxylic acids is 1. The van der Waals surface area contributed by atoms with E-state index in [1.165, 1.54) is 0 Å². The molecule has 1 amide bonds. The number of rotatable bonds is 6. The van der Waals surface area contributed by atoms with E-state index in [1.807, 2.05) is 30.3 Å². The van der Waals surface area contributed by atoms with Crippen molar-refractivity contribution in [1.29, 1.82) is 0 Å². The summed E-state index contributed by atoms with van der Waals surface area (Å²) in [6.45, 7) is 0.504. The maximum atomic E-state index is 11.9. The van der Waals surface area contributed by atoms with Gasteiger partial charge in [0.25, 0.3) is 0 Å². The average molecular weight is 271 g/mol. The molecule has 1 aromatic carbocycles. The summed E-state index contributed by atoms with van der Waals surface area (Å²) < 4.78 is 0. The Morgan fingerprint density at radius 1 is 1.15 bits per heavy atom. The summed E-state index contributed by atoms with van der Waals surface area (Å²) in [5.74, 6) is 0.592. The van der Waals surface area contributed by atoms with Gasteiger partial charge in [-0.3, -0.25) is 4.79 Å². The monoisotopic (exact) mass is 271 g/mol. The number of pyridine rings is 1. The van der Waals surface area contributed by atoms with E-state index in [4.69, 9.17) is 5.11 Å². The molecular weight excluding hydrogens is 254 g/mol. The summed E-state index contributed by atoms with van der Waals surface area (Å²) in [5, 5.41) is 14.4. The first-order valence-corrected chi connectivity index (χ1v) is 6.42. The van der Waals surface area contributed by atoms with Gasteiger partial charge >= 0.3 is 0 Å². The molecular formula is C15H17N3O2. The van der Waals surface area contributed by atoms with Crippen molar-refractivity contribution in [2.75, 3.05) is 23.8 Å². The number of aliphatic hydroxyl groups excluding tert-OH is 1. The highest BCUT2D eigenvalue weighted by Gasteiger charge is 2.04. The fourth-order valence-corrected chi connectivity index (χ4v) is 1.74. The summed E-state index contributed by atoms with van der Waals surface area (Å²) in [7, 11) is 0. The molecule has 2 rings (SSSR count). The van der Waals surface area contributed by atoms with Crippen LogP contribution in [-0.4, -0.2) is 29.1 Å². The van der Waals surface area contributed by atoms with Gasteiger partial charge in [-0.25, -0.2) is 4.98 Å². The van der Waals surface area contributed by atoms with Crippen LogP contribution < -0.4 is 10.6 Å². The van der Waals surface area contributed by atoms with Crippen molar-refractivity contribution in [3.8, 4) is 0 Å². The predicted octanol–water partition coefficient (Wildman–Crippen LogP) is 1.67. The number of aliphatic hydroxyl groups is 1. The first kappa shape index (κ1) is 14.0. The third-order valence-corrected chi connectivity index (χ3v) is 2.67. The van der Waals surface area contributed by atoms with Gasteiger partial charge in [0, 0.05) is 6.54 Å². The molecule has 20 heavy (non-hydrogen) atoms. The number of nitrogens with one attached hydrogen (secondary N) is 2. The van der Waals surface area contributed by atoms with Crippen molar-refractivity contribution >= 4 is 17.4 Å². The average Bonchev–Trinajstić information content (AvgIpc) is 2.47. The second-order valence-corrected chi connectivity index (χ2v) is 4.29. The predicted molar refractivity (Wildman–Crippen MR) is 78.6 cm³/mol. The third kappa shape index (κ3) is 4.37. The van der Waals surface area contributed by atoms with Gasteiger partial charge < -0.3 is 15.7 Å². The molecule has 0 aliphatic carbocycles. The molecule has 0 bridgehead atoms. The number of hydrogen-bond acceptors (Lipinski definition) is 4. The lowest BCUT2D eigenvalue weighted by Gasteiger charge is -2.07. The maximum absolute atomic E-state index is 11.9. The molecule has 2 aromatic rings. The molecule has 0 spiro atoms. The van der Waals surface area contributed by atoms with Crippen molar-refractivity contribution in [2.24, 2.45) is 0 Å². The van der Waals surface area contributed by atoms with E-state index in [0.717, 1.165) is 5.56 Å². The second kappa shape index (κ2) is 7.25. The Kier molecular flexibility index (Phi) is 5.08. The van der Waals surface area contributed by atoms with Crippen molar-refractivity contribution < 1.29 is 9.90 Å². The molecule has 0 aliphatic rings. The Morgan fingerprint density at radius 3 is 2.60 bits per heavy atom. The standard InChI is InChI=1S/C15H17N3O2/c19-9-8-16-14-7-6-13(11-17-14)18-15(20)10-12-4-2-1-3-5-12/h1-7,11,19H,8-10H2,(H,16,17)(H,18,20). The van der Waals surface area contributed by atoms with Crippen LogP contribution >= 0.6 is 0 Å². The van der Waals surface area contributed by atoms with E-state index < -0.39 is 0 Å². The summed E-state index contributed by atoms with van der Waals surface area (Å²) in [4.78, 5) is 16.0. The van der Waals surface area contributed by atoms with E-state index >= 15 is 0 Å². The molecule has 1 aromatic heterocycles. The quantitative estimate of drug-likeness (QED) is 0.747. The zero-order valence-electron chi connectivity index (χ0n) is 11.0. The van der Waals surface area contributed by atoms with Gasteiger partial charge in [0.1, 0.15) is 5.82 Å². The van der Waals surface area contributed by atoms with E-state index in [1.54, 1.807) is 18.3 Å². The second-order valence-electron chi connectivity index (χ2n) is 4.29. The number of carbonyl (C=O) groups is 1. The SMILES string of the molecule is O=C(Cc1ccccc1)Nc1ccc(NCCO)nc1. The number of anilines is 2. The van der Waals surface area contributed by atoms with E-state index in [0.29, 0.717) is 24.5 Å². The highest BCUT2D eigenvalue weighted by Crippen LogP contribution is 2.10. The van der Waals surface area contributed by atoms with Gasteiger partial charge in [-0.2, -0.15) is 0 Å². The maximum Gasteiger partial charge on any atom is 0.228 e. The number of hydrogen-bond donors (Lipinski definition) is 3. The molecule has 0 atom stereocenters. The Balaban J connectivity index is 1.88. The van der Waals surface area contributed by atoms with Crippen LogP contribution in [0, 0.1) is 0 Å². The van der Waals surface area contributed by atoms with Gasteiger partial charge in [0.15, 0.2) is 0 Å². The lowest BCUT2D eigenvalue weighted by molar-refractivity contribution is -0.115. The Bertz CT molecular complexity index is 541. The lowest BCUT2D eigenvalue weighted by Crippen LogP contribution is -2.14. The summed E-state index contributed by atoms with van der Waals surface area (Å²) in [6.07, 6.45) is 1.92. The Hall–Kier alpha value is -2.40. The van der Waals surface area contributed by atoms with E-state index in [-0.39, 0.29) is 12.5 Å². The molecule has 0 saturated heterocycles. The Morgan fingerprint density at radius 2 is 1.95 bits per heavy atom. The minimum Gasteiger partial charge on any atom is -0.395 e. The van der Waals surface area contributed by atoms with Crippen molar-refractivity contribution in [3.05, 3.63) is 54.2 Å². The molecule has 5 nitrogen and oxygen atoms in total. The molecule has 5 heteroatoms. The summed E-state index contributed by atoms with van der Waals surface area (Å²) >= 11 is 0. The molecule has 0 saturated carbocycles. The number of benzene rings is 1. The van der Waals surface area contributed by atoms with Crippen LogP contribution in [0.3, 0.4) is 0 Å². The molecule has 3 N–H and O–H groups in total. The minimum absolute atomic E-state index is 0.0528. The zero-order chi connectivity index (χ0) is 14.2. The van der Waals surface area contributed by atoms with Crippen LogP contribution in [-0.2, 0) is 11.2 Å². The topological polar surface area (TPSA) is 74.2 Å². The minimum atomic E-state index is -0.0749. The zero-order valence-corrected chi connectivity index (χ0v) is 11.0. The van der Waals surface area contributed by atoms with Crippen molar-refractivity contribution in [1.82, 2.24) is 4.98 Å². The van der Waals surface area contributed by atoms with Gasteiger partial charge in [-0.05, 0) is 17.7 Å². The molecule has 104 valence electrons. The lowest BCUT2D eigenvalue weighted by atomic mass is 10.1. The van der Waals surface area contributed by atoms with Crippen LogP contribution in [0.25, 0.3) is 0 Å². The Labute approximate surface area is 117 Å². The molecule has 1 heterocycles.